The molecule has 19 heavy (non-hydrogen) atoms. The van der Waals surface area contributed by atoms with Crippen LogP contribution in [-0.2, 0) is 6.54 Å². The van der Waals surface area contributed by atoms with E-state index in [0.29, 0.717) is 15.9 Å². The van der Waals surface area contributed by atoms with Gasteiger partial charge in [0.05, 0.1) is 16.6 Å². The molecule has 0 saturated carbocycles. The number of nitrogens with one attached hydrogen (secondary N) is 1. The molecule has 3 nitrogen and oxygen atoms in total. The molecule has 102 valence electrons. The van der Waals surface area contributed by atoms with Crippen LogP contribution in [0.3, 0.4) is 0 Å². The molecule has 2 heterocycles. The Hall–Kier alpha value is -0.970. The first kappa shape index (κ1) is 14.4. The summed E-state index contributed by atoms with van der Waals surface area (Å²) in [5.41, 5.74) is 0. The molecule has 2 rings (SSSR count). The van der Waals surface area contributed by atoms with Crippen LogP contribution in [0.15, 0.2) is 23.6 Å². The molecule has 0 aliphatic carbocycles. The van der Waals surface area contributed by atoms with E-state index in [1.165, 1.54) is 4.88 Å². The fourth-order valence-corrected chi connectivity index (χ4v) is 3.05. The fourth-order valence-electron chi connectivity index (χ4n) is 1.73. The lowest BCUT2D eigenvalue weighted by Gasteiger charge is -2.20. The van der Waals surface area contributed by atoms with Crippen molar-refractivity contribution in [1.82, 2.24) is 4.98 Å². The maximum Gasteiger partial charge on any atom is 0.150 e. The third-order valence-electron chi connectivity index (χ3n) is 2.59. The van der Waals surface area contributed by atoms with Crippen LogP contribution >= 0.6 is 34.5 Å². The lowest BCUT2D eigenvalue weighted by Crippen LogP contribution is -2.18. The molecule has 0 aromatic carbocycles. The summed E-state index contributed by atoms with van der Waals surface area (Å²) in [5.74, 6) is 1.40. The number of hydrogen-bond donors (Lipinski definition) is 1. The van der Waals surface area contributed by atoms with Gasteiger partial charge in [-0.3, -0.25) is 0 Å². The molecule has 0 aliphatic rings. The van der Waals surface area contributed by atoms with Gasteiger partial charge >= 0.3 is 0 Å². The highest BCUT2D eigenvalue weighted by atomic mass is 35.5. The zero-order valence-corrected chi connectivity index (χ0v) is 13.1. The fraction of sp³-hybridized carbons (Fsp3) is 0.308. The second-order valence-electron chi connectivity index (χ2n) is 4.09. The van der Waals surface area contributed by atoms with Crippen molar-refractivity contribution in [3.8, 4) is 0 Å². The standard InChI is InChI=1S/C13H15Cl2N3S/c1-3-16-12-10(14)7-11(15)13(17-12)18(2)8-9-5-4-6-19-9/h4-7H,3,8H2,1-2H3,(H,16,17). The van der Waals surface area contributed by atoms with Gasteiger partial charge in [0.1, 0.15) is 11.6 Å². The zero-order chi connectivity index (χ0) is 13.8. The molecule has 0 aliphatic heterocycles. The Bertz CT molecular complexity index is 543. The van der Waals surface area contributed by atoms with Crippen LogP contribution in [0, 0.1) is 0 Å². The molecule has 0 bridgehead atoms. The topological polar surface area (TPSA) is 28.2 Å². The molecule has 2 aromatic rings. The monoisotopic (exact) mass is 315 g/mol. The molecule has 0 spiro atoms. The zero-order valence-electron chi connectivity index (χ0n) is 10.8. The molecule has 0 saturated heterocycles. The molecule has 0 radical (unpaired) electrons. The van der Waals surface area contributed by atoms with Crippen molar-refractivity contribution in [1.29, 1.82) is 0 Å². The number of rotatable bonds is 5. The van der Waals surface area contributed by atoms with Crippen molar-refractivity contribution in [3.05, 3.63) is 38.5 Å². The van der Waals surface area contributed by atoms with E-state index in [1.54, 1.807) is 17.4 Å². The van der Waals surface area contributed by atoms with Crippen molar-refractivity contribution in [2.75, 3.05) is 23.8 Å². The highest BCUT2D eigenvalue weighted by Gasteiger charge is 2.13. The number of halogens is 2. The van der Waals surface area contributed by atoms with E-state index in [0.717, 1.165) is 18.9 Å². The van der Waals surface area contributed by atoms with Crippen molar-refractivity contribution >= 4 is 46.2 Å². The number of pyridine rings is 1. The summed E-state index contributed by atoms with van der Waals surface area (Å²) in [4.78, 5) is 7.78. The van der Waals surface area contributed by atoms with Crippen molar-refractivity contribution in [2.24, 2.45) is 0 Å². The van der Waals surface area contributed by atoms with Crippen LogP contribution in [0.2, 0.25) is 10.0 Å². The molecule has 1 N–H and O–H groups in total. The number of anilines is 2. The maximum absolute atomic E-state index is 6.22. The summed E-state index contributed by atoms with van der Waals surface area (Å²) in [6, 6.07) is 5.86. The Kier molecular flexibility index (Phi) is 4.91. The minimum Gasteiger partial charge on any atom is -0.369 e. The summed E-state index contributed by atoms with van der Waals surface area (Å²) in [5, 5.41) is 6.29. The van der Waals surface area contributed by atoms with Gasteiger partial charge < -0.3 is 10.2 Å². The number of thiophene rings is 1. The molecule has 2 aromatic heterocycles. The Labute approximate surface area is 127 Å². The van der Waals surface area contributed by atoms with E-state index < -0.39 is 0 Å². The Morgan fingerprint density at radius 3 is 2.79 bits per heavy atom. The molecule has 0 amide bonds. The average molecular weight is 316 g/mol. The van der Waals surface area contributed by atoms with Crippen LogP contribution in [-0.4, -0.2) is 18.6 Å². The van der Waals surface area contributed by atoms with E-state index in [9.17, 15) is 0 Å². The van der Waals surface area contributed by atoms with E-state index >= 15 is 0 Å². The first-order chi connectivity index (χ1) is 9.11. The van der Waals surface area contributed by atoms with Gasteiger partial charge in [-0.1, -0.05) is 29.3 Å². The van der Waals surface area contributed by atoms with E-state index in [-0.39, 0.29) is 0 Å². The minimum absolute atomic E-state index is 0.542. The van der Waals surface area contributed by atoms with Crippen molar-refractivity contribution < 1.29 is 0 Å². The van der Waals surface area contributed by atoms with Gasteiger partial charge in [-0.2, -0.15) is 0 Å². The molecular formula is C13H15Cl2N3S. The largest absolute Gasteiger partial charge is 0.369 e. The van der Waals surface area contributed by atoms with E-state index in [1.807, 2.05) is 24.9 Å². The normalized spacial score (nSPS) is 10.5. The predicted molar refractivity (Wildman–Crippen MR) is 84.8 cm³/mol. The smallest absolute Gasteiger partial charge is 0.150 e. The van der Waals surface area contributed by atoms with Gasteiger partial charge in [-0.15, -0.1) is 11.3 Å². The predicted octanol–water partition coefficient (Wildman–Crippen LogP) is 4.52. The Morgan fingerprint density at radius 2 is 2.16 bits per heavy atom. The molecule has 0 unspecified atom stereocenters. The summed E-state index contributed by atoms with van der Waals surface area (Å²) >= 11 is 14.0. The van der Waals surface area contributed by atoms with Gasteiger partial charge in [0.2, 0.25) is 0 Å². The molecule has 6 heteroatoms. The average Bonchev–Trinajstić information content (AvgIpc) is 2.85. The second kappa shape index (κ2) is 6.46. The highest BCUT2D eigenvalue weighted by molar-refractivity contribution is 7.09. The van der Waals surface area contributed by atoms with Crippen LogP contribution in [0.5, 0.6) is 0 Å². The minimum atomic E-state index is 0.542. The highest BCUT2D eigenvalue weighted by Crippen LogP contribution is 2.31. The Balaban J connectivity index is 2.25. The second-order valence-corrected chi connectivity index (χ2v) is 5.94. The van der Waals surface area contributed by atoms with Crippen LogP contribution in [0.4, 0.5) is 11.6 Å². The van der Waals surface area contributed by atoms with Gasteiger partial charge in [0.15, 0.2) is 0 Å². The van der Waals surface area contributed by atoms with E-state index in [4.69, 9.17) is 23.2 Å². The summed E-state index contributed by atoms with van der Waals surface area (Å²) in [6.07, 6.45) is 0. The van der Waals surface area contributed by atoms with E-state index in [2.05, 4.69) is 21.7 Å². The molecular weight excluding hydrogens is 301 g/mol. The number of nitrogens with zero attached hydrogens (tertiary/aromatic N) is 2. The number of aromatic nitrogens is 1. The third kappa shape index (κ3) is 3.53. The summed E-state index contributed by atoms with van der Waals surface area (Å²) in [6.45, 7) is 3.54. The summed E-state index contributed by atoms with van der Waals surface area (Å²) in [7, 11) is 1.97. The number of hydrogen-bond acceptors (Lipinski definition) is 4. The van der Waals surface area contributed by atoms with Gasteiger partial charge in [0, 0.05) is 18.5 Å². The van der Waals surface area contributed by atoms with Gasteiger partial charge in [-0.05, 0) is 24.4 Å². The van der Waals surface area contributed by atoms with Gasteiger partial charge in [-0.25, -0.2) is 4.98 Å². The van der Waals surface area contributed by atoms with Crippen molar-refractivity contribution in [2.45, 2.75) is 13.5 Å². The molecule has 0 fully saturated rings. The quantitative estimate of drug-likeness (QED) is 0.879. The molecule has 0 atom stereocenters. The maximum atomic E-state index is 6.22. The lowest BCUT2D eigenvalue weighted by molar-refractivity contribution is 0.912. The third-order valence-corrected chi connectivity index (χ3v) is 4.02. The first-order valence-corrected chi connectivity index (χ1v) is 7.58. The van der Waals surface area contributed by atoms with Crippen molar-refractivity contribution in [3.63, 3.8) is 0 Å². The van der Waals surface area contributed by atoms with Crippen LogP contribution in [0.1, 0.15) is 11.8 Å². The van der Waals surface area contributed by atoms with Gasteiger partial charge in [0.25, 0.3) is 0 Å². The summed E-state index contributed by atoms with van der Waals surface area (Å²) < 4.78 is 0. The van der Waals surface area contributed by atoms with Crippen LogP contribution in [0.25, 0.3) is 0 Å². The Morgan fingerprint density at radius 1 is 1.37 bits per heavy atom. The first-order valence-electron chi connectivity index (χ1n) is 5.95. The lowest BCUT2D eigenvalue weighted by atomic mass is 10.3. The van der Waals surface area contributed by atoms with Crippen LogP contribution < -0.4 is 10.2 Å². The SMILES string of the molecule is CCNc1nc(N(C)Cc2cccs2)c(Cl)cc1Cl.